The fraction of sp³-hybridized carbons (Fsp3) is 0.250. The normalized spacial score (nSPS) is 11.1. The molecule has 0 radical (unpaired) electrons. The van der Waals surface area contributed by atoms with Gasteiger partial charge in [0.2, 0.25) is 0 Å². The Bertz CT molecular complexity index is 892. The summed E-state index contributed by atoms with van der Waals surface area (Å²) in [6.07, 6.45) is 0. The molecule has 0 aliphatic rings. The van der Waals surface area contributed by atoms with Crippen molar-refractivity contribution in [1.29, 1.82) is 0 Å². The Kier molecular flexibility index (Phi) is 4.30. The average molecular weight is 307 g/mol. The van der Waals surface area contributed by atoms with Gasteiger partial charge in [-0.25, -0.2) is 4.79 Å². The molecule has 2 aromatic carbocycles. The minimum absolute atomic E-state index is 0.298. The Labute approximate surface area is 136 Å². The third-order valence-corrected chi connectivity index (χ3v) is 4.21. The van der Waals surface area contributed by atoms with E-state index in [0.29, 0.717) is 12.1 Å². The predicted octanol–water partition coefficient (Wildman–Crippen LogP) is 4.01. The Balaban J connectivity index is 1.83. The number of benzene rings is 2. The van der Waals surface area contributed by atoms with Gasteiger partial charge in [0.05, 0.1) is 0 Å². The molecule has 0 atom stereocenters. The van der Waals surface area contributed by atoms with Crippen LogP contribution >= 0.6 is 0 Å². The van der Waals surface area contributed by atoms with Crippen molar-refractivity contribution in [2.24, 2.45) is 0 Å². The Hall–Kier alpha value is -2.39. The molecule has 0 aliphatic heterocycles. The lowest BCUT2D eigenvalue weighted by molar-refractivity contribution is 0.556. The summed E-state index contributed by atoms with van der Waals surface area (Å²) in [5.74, 6) is 0. The van der Waals surface area contributed by atoms with E-state index in [1.165, 1.54) is 16.7 Å². The molecule has 0 unspecified atom stereocenters. The minimum atomic E-state index is -0.298. The first-order chi connectivity index (χ1) is 11.0. The summed E-state index contributed by atoms with van der Waals surface area (Å²) >= 11 is 0. The fourth-order valence-electron chi connectivity index (χ4n) is 2.68. The Morgan fingerprint density at radius 3 is 2.35 bits per heavy atom. The van der Waals surface area contributed by atoms with E-state index in [2.05, 4.69) is 49.5 Å². The lowest BCUT2D eigenvalue weighted by Gasteiger charge is -2.09. The number of fused-ring (bicyclic) bond motifs is 1. The number of rotatable bonds is 4. The zero-order chi connectivity index (χ0) is 16.4. The molecule has 3 nitrogen and oxygen atoms in total. The largest absolute Gasteiger partial charge is 0.423 e. The summed E-state index contributed by atoms with van der Waals surface area (Å²) in [6, 6.07) is 14.1. The molecule has 0 amide bonds. The zero-order valence-corrected chi connectivity index (χ0v) is 13.8. The first-order valence-electron chi connectivity index (χ1n) is 7.83. The maximum Gasteiger partial charge on any atom is 0.336 e. The highest BCUT2D eigenvalue weighted by Crippen LogP contribution is 2.21. The topological polar surface area (TPSA) is 42.2 Å². The number of hydrogen-bond acceptors (Lipinski definition) is 3. The molecule has 0 fully saturated rings. The second kappa shape index (κ2) is 6.39. The summed E-state index contributed by atoms with van der Waals surface area (Å²) in [5, 5.41) is 4.41. The lowest BCUT2D eigenvalue weighted by atomic mass is 10.0. The minimum Gasteiger partial charge on any atom is -0.423 e. The van der Waals surface area contributed by atoms with Gasteiger partial charge in [0.25, 0.3) is 0 Å². The van der Waals surface area contributed by atoms with Crippen molar-refractivity contribution >= 4 is 11.0 Å². The highest BCUT2D eigenvalue weighted by molar-refractivity contribution is 5.81. The molecule has 1 N–H and O–H groups in total. The van der Waals surface area contributed by atoms with Crippen LogP contribution in [0.1, 0.15) is 27.8 Å². The second-order valence-electron chi connectivity index (χ2n) is 6.11. The van der Waals surface area contributed by atoms with Crippen molar-refractivity contribution in [3.63, 3.8) is 0 Å². The van der Waals surface area contributed by atoms with E-state index in [0.717, 1.165) is 23.1 Å². The van der Waals surface area contributed by atoms with E-state index >= 15 is 0 Å². The van der Waals surface area contributed by atoms with Gasteiger partial charge in [-0.3, -0.25) is 0 Å². The van der Waals surface area contributed by atoms with Gasteiger partial charge in [0.1, 0.15) is 5.58 Å². The van der Waals surface area contributed by atoms with Crippen LogP contribution in [0.5, 0.6) is 0 Å². The van der Waals surface area contributed by atoms with Crippen LogP contribution < -0.4 is 10.9 Å². The molecule has 0 aliphatic carbocycles. The Morgan fingerprint density at radius 1 is 0.913 bits per heavy atom. The Morgan fingerprint density at radius 2 is 1.61 bits per heavy atom. The van der Waals surface area contributed by atoms with Crippen molar-refractivity contribution in [1.82, 2.24) is 5.32 Å². The van der Waals surface area contributed by atoms with Crippen molar-refractivity contribution in [3.05, 3.63) is 80.7 Å². The smallest absolute Gasteiger partial charge is 0.336 e. The van der Waals surface area contributed by atoms with Gasteiger partial charge in [-0.05, 0) is 55.2 Å². The first-order valence-corrected chi connectivity index (χ1v) is 7.83. The molecule has 0 bridgehead atoms. The fourth-order valence-corrected chi connectivity index (χ4v) is 2.68. The van der Waals surface area contributed by atoms with E-state index in [9.17, 15) is 4.79 Å². The number of hydrogen-bond donors (Lipinski definition) is 1. The standard InChI is InChI=1S/C20H21NO2/c1-13-4-6-16(7-5-13)11-21-12-17-10-20(22)23-19-9-15(3)14(2)8-18(17)19/h4-10,21H,11-12H2,1-3H3. The van der Waals surface area contributed by atoms with Crippen LogP contribution in [0, 0.1) is 20.8 Å². The van der Waals surface area contributed by atoms with Gasteiger partial charge in [-0.15, -0.1) is 0 Å². The highest BCUT2D eigenvalue weighted by atomic mass is 16.4. The molecule has 3 rings (SSSR count). The third kappa shape index (κ3) is 3.51. The van der Waals surface area contributed by atoms with Crippen LogP contribution in [-0.4, -0.2) is 0 Å². The maximum atomic E-state index is 11.8. The SMILES string of the molecule is Cc1ccc(CNCc2cc(=O)oc3cc(C)c(C)cc23)cc1. The molecule has 23 heavy (non-hydrogen) atoms. The van der Waals surface area contributed by atoms with Crippen LogP contribution in [0.15, 0.2) is 51.7 Å². The van der Waals surface area contributed by atoms with E-state index < -0.39 is 0 Å². The van der Waals surface area contributed by atoms with Crippen LogP contribution in [0.3, 0.4) is 0 Å². The molecule has 3 aromatic rings. The molecule has 3 heteroatoms. The number of aryl methyl sites for hydroxylation is 3. The van der Waals surface area contributed by atoms with Gasteiger partial charge in [-0.1, -0.05) is 29.8 Å². The van der Waals surface area contributed by atoms with Crippen LogP contribution in [-0.2, 0) is 13.1 Å². The zero-order valence-electron chi connectivity index (χ0n) is 13.8. The van der Waals surface area contributed by atoms with E-state index in [1.54, 1.807) is 6.07 Å². The second-order valence-corrected chi connectivity index (χ2v) is 6.11. The van der Waals surface area contributed by atoms with Crippen molar-refractivity contribution in [2.45, 2.75) is 33.9 Å². The molecule has 1 aromatic heterocycles. The van der Waals surface area contributed by atoms with Crippen molar-refractivity contribution in [3.8, 4) is 0 Å². The summed E-state index contributed by atoms with van der Waals surface area (Å²) in [6.45, 7) is 7.59. The van der Waals surface area contributed by atoms with E-state index in [-0.39, 0.29) is 5.63 Å². The molecule has 0 saturated carbocycles. The van der Waals surface area contributed by atoms with Gasteiger partial charge in [0, 0.05) is 24.5 Å². The monoisotopic (exact) mass is 307 g/mol. The first kappa shape index (κ1) is 15.5. The average Bonchev–Trinajstić information content (AvgIpc) is 2.51. The highest BCUT2D eigenvalue weighted by Gasteiger charge is 2.07. The van der Waals surface area contributed by atoms with E-state index in [1.807, 2.05) is 13.0 Å². The van der Waals surface area contributed by atoms with Crippen LogP contribution in [0.25, 0.3) is 11.0 Å². The summed E-state index contributed by atoms with van der Waals surface area (Å²) in [7, 11) is 0. The molecule has 0 spiro atoms. The van der Waals surface area contributed by atoms with Crippen molar-refractivity contribution < 1.29 is 4.42 Å². The predicted molar refractivity (Wildman–Crippen MR) is 93.7 cm³/mol. The maximum absolute atomic E-state index is 11.8. The van der Waals surface area contributed by atoms with Gasteiger partial charge >= 0.3 is 5.63 Å². The van der Waals surface area contributed by atoms with Gasteiger partial charge in [0.15, 0.2) is 0 Å². The van der Waals surface area contributed by atoms with E-state index in [4.69, 9.17) is 4.42 Å². The molecular formula is C20H21NO2. The van der Waals surface area contributed by atoms with Crippen LogP contribution in [0.4, 0.5) is 0 Å². The molecule has 1 heterocycles. The molecule has 0 saturated heterocycles. The van der Waals surface area contributed by atoms with Crippen molar-refractivity contribution in [2.75, 3.05) is 0 Å². The van der Waals surface area contributed by atoms with Crippen LogP contribution in [0.2, 0.25) is 0 Å². The van der Waals surface area contributed by atoms with Gasteiger partial charge < -0.3 is 9.73 Å². The summed E-state index contributed by atoms with van der Waals surface area (Å²) in [4.78, 5) is 11.8. The molecule has 118 valence electrons. The third-order valence-electron chi connectivity index (χ3n) is 4.21. The lowest BCUT2D eigenvalue weighted by Crippen LogP contribution is -2.14. The summed E-state index contributed by atoms with van der Waals surface area (Å²) in [5.41, 5.74) is 6.16. The summed E-state index contributed by atoms with van der Waals surface area (Å²) < 4.78 is 5.33. The molecular weight excluding hydrogens is 286 g/mol. The van der Waals surface area contributed by atoms with Gasteiger partial charge in [-0.2, -0.15) is 0 Å². The quantitative estimate of drug-likeness (QED) is 0.741. The number of nitrogens with one attached hydrogen (secondary N) is 1.